The maximum atomic E-state index is 6.03. The molecule has 1 fully saturated rings. The predicted molar refractivity (Wildman–Crippen MR) is 67.8 cm³/mol. The summed E-state index contributed by atoms with van der Waals surface area (Å²) in [4.78, 5) is 1.24. The molecular formula is C10H13BrClNOS. The molecule has 0 bridgehead atoms. The van der Waals surface area contributed by atoms with Crippen molar-refractivity contribution in [2.75, 3.05) is 13.7 Å². The molecule has 1 saturated heterocycles. The van der Waals surface area contributed by atoms with Crippen LogP contribution >= 0.6 is 38.9 Å². The van der Waals surface area contributed by atoms with Crippen LogP contribution in [0, 0.1) is 0 Å². The molecule has 0 saturated carbocycles. The lowest BCUT2D eigenvalue weighted by Crippen LogP contribution is -2.28. The van der Waals surface area contributed by atoms with Gasteiger partial charge in [0.15, 0.2) is 0 Å². The highest BCUT2D eigenvalue weighted by Crippen LogP contribution is 2.38. The number of nitrogens with one attached hydrogen (secondary N) is 1. The average molecular weight is 311 g/mol. The van der Waals surface area contributed by atoms with E-state index in [0.717, 1.165) is 28.3 Å². The fourth-order valence-electron chi connectivity index (χ4n) is 1.89. The Hall–Kier alpha value is 0.390. The molecule has 84 valence electrons. The third-order valence-electron chi connectivity index (χ3n) is 2.62. The molecule has 2 unspecified atom stereocenters. The molecule has 0 amide bonds. The van der Waals surface area contributed by atoms with Crippen LogP contribution in [0.5, 0.6) is 0 Å². The third-order valence-corrected chi connectivity index (χ3v) is 5.18. The summed E-state index contributed by atoms with van der Waals surface area (Å²) < 4.78 is 6.69. The van der Waals surface area contributed by atoms with E-state index in [1.807, 2.05) is 13.1 Å². The van der Waals surface area contributed by atoms with Gasteiger partial charge in [0.1, 0.15) is 0 Å². The molecular weight excluding hydrogens is 298 g/mol. The Morgan fingerprint density at radius 3 is 3.00 bits per heavy atom. The van der Waals surface area contributed by atoms with Gasteiger partial charge in [-0.2, -0.15) is 0 Å². The largest absolute Gasteiger partial charge is 0.376 e. The van der Waals surface area contributed by atoms with Crippen molar-refractivity contribution >= 4 is 38.9 Å². The van der Waals surface area contributed by atoms with Crippen molar-refractivity contribution in [1.29, 1.82) is 0 Å². The molecule has 2 heterocycles. The Morgan fingerprint density at radius 1 is 1.73 bits per heavy atom. The number of hydrogen-bond donors (Lipinski definition) is 1. The normalized spacial score (nSPS) is 23.3. The van der Waals surface area contributed by atoms with Crippen molar-refractivity contribution in [2.45, 2.75) is 25.0 Å². The summed E-state index contributed by atoms with van der Waals surface area (Å²) in [5.74, 6) is 0. The molecule has 1 aliphatic heterocycles. The smallest absolute Gasteiger partial charge is 0.0888 e. The summed E-state index contributed by atoms with van der Waals surface area (Å²) in [6.07, 6.45) is 2.57. The SMILES string of the molecule is CNC(c1cc(Cl)c(Br)s1)C1CCCO1. The van der Waals surface area contributed by atoms with Gasteiger partial charge in [0.25, 0.3) is 0 Å². The first-order valence-corrected chi connectivity index (χ1v) is 6.94. The minimum Gasteiger partial charge on any atom is -0.376 e. The lowest BCUT2D eigenvalue weighted by Gasteiger charge is -2.20. The Balaban J connectivity index is 2.18. The summed E-state index contributed by atoms with van der Waals surface area (Å²) in [5.41, 5.74) is 0. The van der Waals surface area contributed by atoms with Gasteiger partial charge >= 0.3 is 0 Å². The van der Waals surface area contributed by atoms with E-state index in [-0.39, 0.29) is 12.1 Å². The van der Waals surface area contributed by atoms with Crippen LogP contribution in [0.15, 0.2) is 9.85 Å². The topological polar surface area (TPSA) is 21.3 Å². The Morgan fingerprint density at radius 2 is 2.53 bits per heavy atom. The fourth-order valence-corrected chi connectivity index (χ4v) is 3.80. The van der Waals surface area contributed by atoms with Crippen molar-refractivity contribution in [3.8, 4) is 0 Å². The minimum atomic E-state index is 0.265. The van der Waals surface area contributed by atoms with Crippen molar-refractivity contribution in [1.82, 2.24) is 5.32 Å². The van der Waals surface area contributed by atoms with E-state index < -0.39 is 0 Å². The Labute approximate surface area is 107 Å². The Kier molecular flexibility index (Phi) is 4.07. The number of halogens is 2. The molecule has 1 aliphatic rings. The lowest BCUT2D eigenvalue weighted by molar-refractivity contribution is 0.0818. The second kappa shape index (κ2) is 5.15. The maximum absolute atomic E-state index is 6.03. The molecule has 2 nitrogen and oxygen atoms in total. The molecule has 0 aliphatic carbocycles. The van der Waals surface area contributed by atoms with E-state index in [1.165, 1.54) is 4.88 Å². The van der Waals surface area contributed by atoms with Crippen LogP contribution < -0.4 is 5.32 Å². The summed E-state index contributed by atoms with van der Waals surface area (Å²) in [6, 6.07) is 2.28. The zero-order valence-electron chi connectivity index (χ0n) is 8.43. The molecule has 2 rings (SSSR count). The summed E-state index contributed by atoms with van der Waals surface area (Å²) >= 11 is 11.1. The van der Waals surface area contributed by atoms with E-state index in [2.05, 4.69) is 21.2 Å². The highest BCUT2D eigenvalue weighted by molar-refractivity contribution is 9.11. The van der Waals surface area contributed by atoms with Crippen LogP contribution in [-0.2, 0) is 4.74 Å². The lowest BCUT2D eigenvalue weighted by atomic mass is 10.1. The summed E-state index contributed by atoms with van der Waals surface area (Å²) in [6.45, 7) is 0.878. The van der Waals surface area contributed by atoms with Gasteiger partial charge in [-0.1, -0.05) is 11.6 Å². The quantitative estimate of drug-likeness (QED) is 0.921. The number of likely N-dealkylation sites (N-methyl/N-ethyl adjacent to an activating group) is 1. The van der Waals surface area contributed by atoms with Crippen LogP contribution in [0.25, 0.3) is 0 Å². The van der Waals surface area contributed by atoms with Gasteiger partial charge < -0.3 is 10.1 Å². The van der Waals surface area contributed by atoms with E-state index in [0.29, 0.717) is 0 Å². The first-order chi connectivity index (χ1) is 7.22. The molecule has 1 aromatic rings. The highest BCUT2D eigenvalue weighted by Gasteiger charge is 2.27. The first-order valence-electron chi connectivity index (χ1n) is 4.96. The maximum Gasteiger partial charge on any atom is 0.0888 e. The third kappa shape index (κ3) is 2.56. The summed E-state index contributed by atoms with van der Waals surface area (Å²) in [7, 11) is 1.97. The van der Waals surface area contributed by atoms with Gasteiger partial charge in [0.05, 0.1) is 21.0 Å². The molecule has 1 aromatic heterocycles. The monoisotopic (exact) mass is 309 g/mol. The van der Waals surface area contributed by atoms with Crippen molar-refractivity contribution in [3.63, 3.8) is 0 Å². The molecule has 0 aromatic carbocycles. The van der Waals surface area contributed by atoms with Gasteiger partial charge in [0.2, 0.25) is 0 Å². The van der Waals surface area contributed by atoms with Crippen LogP contribution in [-0.4, -0.2) is 19.8 Å². The highest BCUT2D eigenvalue weighted by atomic mass is 79.9. The first kappa shape index (κ1) is 11.9. The minimum absolute atomic E-state index is 0.265. The number of hydrogen-bond acceptors (Lipinski definition) is 3. The molecule has 1 N–H and O–H groups in total. The van der Waals surface area contributed by atoms with E-state index in [1.54, 1.807) is 11.3 Å². The van der Waals surface area contributed by atoms with Crippen LogP contribution in [0.1, 0.15) is 23.8 Å². The van der Waals surface area contributed by atoms with Gasteiger partial charge in [0, 0.05) is 11.5 Å². The van der Waals surface area contributed by atoms with Crippen molar-refractivity contribution in [3.05, 3.63) is 19.8 Å². The number of ether oxygens (including phenoxy) is 1. The van der Waals surface area contributed by atoms with Gasteiger partial charge in [-0.15, -0.1) is 11.3 Å². The molecule has 0 radical (unpaired) electrons. The van der Waals surface area contributed by atoms with E-state index in [4.69, 9.17) is 16.3 Å². The Bertz CT molecular complexity index is 319. The van der Waals surface area contributed by atoms with Gasteiger partial charge in [-0.3, -0.25) is 0 Å². The zero-order valence-corrected chi connectivity index (χ0v) is 11.6. The van der Waals surface area contributed by atoms with Crippen molar-refractivity contribution < 1.29 is 4.74 Å². The molecule has 15 heavy (non-hydrogen) atoms. The summed E-state index contributed by atoms with van der Waals surface area (Å²) in [5, 5.41) is 4.09. The standard InChI is InChI=1S/C10H13BrClNOS/c1-13-9(7-3-2-4-14-7)8-5-6(12)10(11)15-8/h5,7,9,13H,2-4H2,1H3. The van der Waals surface area contributed by atoms with E-state index in [9.17, 15) is 0 Å². The predicted octanol–water partition coefficient (Wildman–Crippen LogP) is 3.60. The second-order valence-electron chi connectivity index (χ2n) is 3.59. The van der Waals surface area contributed by atoms with Crippen LogP contribution in [0.4, 0.5) is 0 Å². The van der Waals surface area contributed by atoms with E-state index >= 15 is 0 Å². The number of rotatable bonds is 3. The number of thiophene rings is 1. The van der Waals surface area contributed by atoms with Crippen LogP contribution in [0.3, 0.4) is 0 Å². The fraction of sp³-hybridized carbons (Fsp3) is 0.600. The van der Waals surface area contributed by atoms with Crippen molar-refractivity contribution in [2.24, 2.45) is 0 Å². The average Bonchev–Trinajstić information content (AvgIpc) is 2.80. The van der Waals surface area contributed by atoms with Gasteiger partial charge in [-0.25, -0.2) is 0 Å². The zero-order chi connectivity index (χ0) is 10.8. The molecule has 0 spiro atoms. The van der Waals surface area contributed by atoms with Gasteiger partial charge in [-0.05, 0) is 41.9 Å². The molecule has 5 heteroatoms. The molecule has 2 atom stereocenters. The second-order valence-corrected chi connectivity index (χ2v) is 6.40. The van der Waals surface area contributed by atoms with Crippen LogP contribution in [0.2, 0.25) is 5.02 Å².